The van der Waals surface area contributed by atoms with Crippen LogP contribution >= 0.6 is 0 Å². The Bertz CT molecular complexity index is 887. The molecule has 7 heteroatoms. The maximum absolute atomic E-state index is 13.3. The molecule has 0 aliphatic carbocycles. The highest BCUT2D eigenvalue weighted by atomic mass is 19.1. The number of benzene rings is 1. The van der Waals surface area contributed by atoms with Gasteiger partial charge in [0.05, 0.1) is 11.3 Å². The molecule has 6 nitrogen and oxygen atoms in total. The van der Waals surface area contributed by atoms with E-state index >= 15 is 0 Å². The van der Waals surface area contributed by atoms with Gasteiger partial charge in [0.25, 0.3) is 0 Å². The second kappa shape index (κ2) is 6.87. The zero-order valence-corrected chi connectivity index (χ0v) is 13.2. The third kappa shape index (κ3) is 3.08. The van der Waals surface area contributed by atoms with Crippen LogP contribution in [0, 0.1) is 11.3 Å². The standard InChI is InChI=1S/C17H15FN4O2/c1-4-13-15(21-17(20-3)22(13)9-10(2)18)16(24)11-5-6-14(23)12(7-11)8-19/h5-7,9,23H,3-4H2,1-2H3/b10-9+. The lowest BCUT2D eigenvalue weighted by Crippen LogP contribution is -2.07. The Morgan fingerprint density at radius 2 is 2.29 bits per heavy atom. The van der Waals surface area contributed by atoms with Crippen molar-refractivity contribution in [3.8, 4) is 11.8 Å². The van der Waals surface area contributed by atoms with Gasteiger partial charge in [-0.2, -0.15) is 5.26 Å². The van der Waals surface area contributed by atoms with E-state index in [9.17, 15) is 14.3 Å². The van der Waals surface area contributed by atoms with Crippen LogP contribution in [0.5, 0.6) is 5.75 Å². The number of ketones is 1. The number of imidazole rings is 1. The van der Waals surface area contributed by atoms with Gasteiger partial charge in [0, 0.05) is 11.8 Å². The zero-order chi connectivity index (χ0) is 17.9. The molecule has 2 rings (SSSR count). The highest BCUT2D eigenvalue weighted by Gasteiger charge is 2.22. The molecule has 0 aliphatic heterocycles. The summed E-state index contributed by atoms with van der Waals surface area (Å²) in [6.45, 7) is 6.46. The summed E-state index contributed by atoms with van der Waals surface area (Å²) >= 11 is 0. The maximum atomic E-state index is 13.3. The lowest BCUT2D eigenvalue weighted by molar-refractivity contribution is 0.103. The summed E-state index contributed by atoms with van der Waals surface area (Å²) in [6, 6.07) is 5.76. The molecule has 1 N–H and O–H groups in total. The minimum Gasteiger partial charge on any atom is -0.507 e. The van der Waals surface area contributed by atoms with Crippen molar-refractivity contribution < 1.29 is 14.3 Å². The maximum Gasteiger partial charge on any atom is 0.234 e. The molecule has 24 heavy (non-hydrogen) atoms. The molecule has 1 aromatic carbocycles. The van der Waals surface area contributed by atoms with Crippen molar-refractivity contribution in [2.45, 2.75) is 20.3 Å². The third-order valence-corrected chi connectivity index (χ3v) is 3.37. The molecule has 2 aromatic rings. The largest absolute Gasteiger partial charge is 0.507 e. The Labute approximate surface area is 138 Å². The van der Waals surface area contributed by atoms with Gasteiger partial charge in [0.2, 0.25) is 11.7 Å². The summed E-state index contributed by atoms with van der Waals surface area (Å²) in [5, 5.41) is 18.5. The van der Waals surface area contributed by atoms with E-state index in [-0.39, 0.29) is 28.5 Å². The number of hydrogen-bond donors (Lipinski definition) is 1. The first-order chi connectivity index (χ1) is 11.4. The fourth-order valence-corrected chi connectivity index (χ4v) is 2.30. The van der Waals surface area contributed by atoms with Gasteiger partial charge in [-0.15, -0.1) is 0 Å². The highest BCUT2D eigenvalue weighted by molar-refractivity contribution is 6.09. The number of allylic oxidation sites excluding steroid dienone is 1. The molecule has 0 radical (unpaired) electrons. The molecule has 0 bridgehead atoms. The van der Waals surface area contributed by atoms with Gasteiger partial charge in [-0.25, -0.2) is 14.4 Å². The summed E-state index contributed by atoms with van der Waals surface area (Å²) in [6.07, 6.45) is 1.60. The Morgan fingerprint density at radius 1 is 1.58 bits per heavy atom. The second-order valence-electron chi connectivity index (χ2n) is 4.98. The predicted octanol–water partition coefficient (Wildman–Crippen LogP) is 3.37. The van der Waals surface area contributed by atoms with Crippen LogP contribution in [0.4, 0.5) is 10.3 Å². The number of rotatable bonds is 5. The molecule has 0 saturated carbocycles. The van der Waals surface area contributed by atoms with Crippen LogP contribution in [0.25, 0.3) is 6.20 Å². The molecule has 0 aliphatic rings. The van der Waals surface area contributed by atoms with E-state index in [2.05, 4.69) is 16.7 Å². The number of aromatic nitrogens is 2. The fourth-order valence-electron chi connectivity index (χ4n) is 2.30. The van der Waals surface area contributed by atoms with E-state index < -0.39 is 11.6 Å². The molecular weight excluding hydrogens is 311 g/mol. The Morgan fingerprint density at radius 3 is 2.83 bits per heavy atom. The van der Waals surface area contributed by atoms with Crippen LogP contribution in [0.3, 0.4) is 0 Å². The topological polar surface area (TPSA) is 91.3 Å². The van der Waals surface area contributed by atoms with Crippen molar-refractivity contribution in [2.24, 2.45) is 4.99 Å². The van der Waals surface area contributed by atoms with Gasteiger partial charge in [0.15, 0.2) is 0 Å². The first kappa shape index (κ1) is 17.1. The number of aromatic hydroxyl groups is 1. The van der Waals surface area contributed by atoms with Gasteiger partial charge in [-0.1, -0.05) is 6.92 Å². The highest BCUT2D eigenvalue weighted by Crippen LogP contribution is 2.25. The van der Waals surface area contributed by atoms with Crippen LogP contribution in [0.1, 0.15) is 41.2 Å². The van der Waals surface area contributed by atoms with Crippen LogP contribution in [-0.2, 0) is 6.42 Å². The summed E-state index contributed by atoms with van der Waals surface area (Å²) in [7, 11) is 0. The first-order valence-corrected chi connectivity index (χ1v) is 7.12. The number of nitriles is 1. The fraction of sp³-hybridized carbons (Fsp3) is 0.176. The second-order valence-corrected chi connectivity index (χ2v) is 4.98. The minimum absolute atomic E-state index is 0.0140. The van der Waals surface area contributed by atoms with Crippen molar-refractivity contribution in [1.82, 2.24) is 9.55 Å². The summed E-state index contributed by atoms with van der Waals surface area (Å²) in [5.74, 6) is -1.02. The van der Waals surface area contributed by atoms with Crippen LogP contribution in [-0.4, -0.2) is 27.2 Å². The molecular formula is C17H15FN4O2. The normalized spacial score (nSPS) is 11.2. The number of nitrogens with zero attached hydrogens (tertiary/aromatic N) is 4. The molecule has 0 spiro atoms. The molecule has 0 unspecified atom stereocenters. The summed E-state index contributed by atoms with van der Waals surface area (Å²) < 4.78 is 14.7. The molecule has 0 amide bonds. The van der Waals surface area contributed by atoms with Crippen molar-refractivity contribution >= 4 is 24.6 Å². The number of halogens is 1. The molecule has 0 atom stereocenters. The summed E-state index contributed by atoms with van der Waals surface area (Å²) in [4.78, 5) is 20.6. The number of hydrogen-bond acceptors (Lipinski definition) is 5. The number of aliphatic imine (C=N–C) groups is 1. The zero-order valence-electron chi connectivity index (χ0n) is 13.2. The molecule has 122 valence electrons. The monoisotopic (exact) mass is 326 g/mol. The van der Waals surface area contributed by atoms with E-state index in [1.54, 1.807) is 6.92 Å². The number of carbonyl (C=O) groups is 1. The SMILES string of the molecule is C=Nc1nc(C(=O)c2ccc(O)c(C#N)c2)c(CC)n1/C=C(\C)F. The van der Waals surface area contributed by atoms with E-state index in [4.69, 9.17) is 5.26 Å². The number of phenolic OH excluding ortho intramolecular Hbond substituents is 1. The van der Waals surface area contributed by atoms with Gasteiger partial charge >= 0.3 is 0 Å². The van der Waals surface area contributed by atoms with Gasteiger partial charge in [-0.05, 0) is 38.3 Å². The van der Waals surface area contributed by atoms with E-state index in [1.165, 1.54) is 35.9 Å². The van der Waals surface area contributed by atoms with Crippen molar-refractivity contribution in [2.75, 3.05) is 0 Å². The van der Waals surface area contributed by atoms with Gasteiger partial charge < -0.3 is 5.11 Å². The molecule has 0 saturated heterocycles. The van der Waals surface area contributed by atoms with Crippen LogP contribution < -0.4 is 0 Å². The van der Waals surface area contributed by atoms with Crippen molar-refractivity contribution in [3.63, 3.8) is 0 Å². The van der Waals surface area contributed by atoms with Crippen LogP contribution in [0.15, 0.2) is 29.0 Å². The first-order valence-electron chi connectivity index (χ1n) is 7.12. The Balaban J connectivity index is 2.62. The lowest BCUT2D eigenvalue weighted by atomic mass is 10.0. The number of phenols is 1. The minimum atomic E-state index is -0.470. The van der Waals surface area contributed by atoms with Crippen LogP contribution in [0.2, 0.25) is 0 Å². The number of carbonyl (C=O) groups excluding carboxylic acids is 1. The third-order valence-electron chi connectivity index (χ3n) is 3.37. The average Bonchev–Trinajstić information content (AvgIpc) is 2.91. The quantitative estimate of drug-likeness (QED) is 0.673. The van der Waals surface area contributed by atoms with Gasteiger partial charge in [0.1, 0.15) is 23.3 Å². The van der Waals surface area contributed by atoms with E-state index in [0.717, 1.165) is 0 Å². The van der Waals surface area contributed by atoms with Gasteiger partial charge in [-0.3, -0.25) is 9.36 Å². The van der Waals surface area contributed by atoms with Crippen molar-refractivity contribution in [3.05, 3.63) is 46.5 Å². The Hall–Kier alpha value is -3.27. The van der Waals surface area contributed by atoms with E-state index in [1.807, 2.05) is 6.07 Å². The van der Waals surface area contributed by atoms with E-state index in [0.29, 0.717) is 12.1 Å². The molecule has 1 aromatic heterocycles. The van der Waals surface area contributed by atoms with Crippen molar-refractivity contribution in [1.29, 1.82) is 5.26 Å². The summed E-state index contributed by atoms with van der Waals surface area (Å²) in [5.41, 5.74) is 0.762. The lowest BCUT2D eigenvalue weighted by Gasteiger charge is -2.05. The predicted molar refractivity (Wildman–Crippen MR) is 88.1 cm³/mol. The Kier molecular flexibility index (Phi) is 4.90. The average molecular weight is 326 g/mol. The molecule has 1 heterocycles. The molecule has 0 fully saturated rings. The smallest absolute Gasteiger partial charge is 0.234 e.